The smallest absolute Gasteiger partial charge is 0.284 e. The maximum atomic E-state index is 11.5. The zero-order valence-electron chi connectivity index (χ0n) is 14.4. The maximum Gasteiger partial charge on any atom is 0.284 e. The lowest BCUT2D eigenvalue weighted by Gasteiger charge is -2.32. The van der Waals surface area contributed by atoms with Gasteiger partial charge in [-0.2, -0.15) is 0 Å². The maximum absolute atomic E-state index is 11.5. The van der Waals surface area contributed by atoms with Gasteiger partial charge in [0.2, 0.25) is 0 Å². The number of carbonyl (C=O) groups excluding carboxylic acids is 1. The molecule has 0 radical (unpaired) electrons. The van der Waals surface area contributed by atoms with E-state index in [9.17, 15) is 9.90 Å². The number of aliphatic hydroxyl groups is 1. The number of β-amino-alcohol motifs (C(OH)–C–C–N with tert-alkyl or cyclic N) is 1. The molecule has 5 heteroatoms. The SMILES string of the molecule is CC(C)(C)c1oc(C(N)=O)cc1CN1Cc2ccccc2[C@H](O)C1. The van der Waals surface area contributed by atoms with Gasteiger partial charge >= 0.3 is 0 Å². The van der Waals surface area contributed by atoms with Gasteiger partial charge in [-0.3, -0.25) is 9.69 Å². The molecule has 0 spiro atoms. The number of hydrogen-bond donors (Lipinski definition) is 2. The van der Waals surface area contributed by atoms with Gasteiger partial charge in [-0.1, -0.05) is 45.0 Å². The van der Waals surface area contributed by atoms with E-state index in [2.05, 4.69) is 4.90 Å². The lowest BCUT2D eigenvalue weighted by Crippen LogP contribution is -2.33. The van der Waals surface area contributed by atoms with Crippen molar-refractivity contribution in [3.63, 3.8) is 0 Å². The number of amides is 1. The molecule has 1 aromatic heterocycles. The standard InChI is InChI=1S/C19H24N2O3/c1-19(2,3)17-13(8-16(24-17)18(20)23)10-21-9-12-6-4-5-7-14(12)15(22)11-21/h4-8,15,22H,9-11H2,1-3H3,(H2,20,23)/t15-/m1/s1. The van der Waals surface area contributed by atoms with Crippen molar-refractivity contribution >= 4 is 5.91 Å². The third kappa shape index (κ3) is 3.23. The lowest BCUT2D eigenvalue weighted by atomic mass is 9.90. The fourth-order valence-corrected chi connectivity index (χ4v) is 3.32. The number of fused-ring (bicyclic) bond motifs is 1. The molecule has 1 aliphatic rings. The Kier molecular flexibility index (Phi) is 4.24. The molecule has 3 rings (SSSR count). The van der Waals surface area contributed by atoms with Crippen LogP contribution in [0.15, 0.2) is 34.7 Å². The summed E-state index contributed by atoms with van der Waals surface area (Å²) in [7, 11) is 0. The monoisotopic (exact) mass is 328 g/mol. The van der Waals surface area contributed by atoms with Gasteiger partial charge < -0.3 is 15.3 Å². The van der Waals surface area contributed by atoms with Crippen molar-refractivity contribution in [2.24, 2.45) is 5.73 Å². The number of primary amides is 1. The average molecular weight is 328 g/mol. The number of furan rings is 1. The lowest BCUT2D eigenvalue weighted by molar-refractivity contribution is 0.0876. The quantitative estimate of drug-likeness (QED) is 0.908. The van der Waals surface area contributed by atoms with E-state index in [-0.39, 0.29) is 11.2 Å². The molecule has 0 saturated carbocycles. The molecule has 1 aliphatic heterocycles. The van der Waals surface area contributed by atoms with Crippen molar-refractivity contribution in [3.8, 4) is 0 Å². The van der Waals surface area contributed by atoms with E-state index in [0.717, 1.165) is 29.0 Å². The highest BCUT2D eigenvalue weighted by atomic mass is 16.4. The minimum absolute atomic E-state index is 0.188. The molecule has 2 aromatic rings. The third-order valence-electron chi connectivity index (χ3n) is 4.37. The summed E-state index contributed by atoms with van der Waals surface area (Å²) in [5, 5.41) is 10.4. The third-order valence-corrected chi connectivity index (χ3v) is 4.37. The first kappa shape index (κ1) is 16.7. The first-order chi connectivity index (χ1) is 11.3. The minimum atomic E-state index is -0.559. The van der Waals surface area contributed by atoms with E-state index in [4.69, 9.17) is 10.2 Å². The number of rotatable bonds is 3. The molecule has 1 amide bonds. The fraction of sp³-hybridized carbons (Fsp3) is 0.421. The molecule has 24 heavy (non-hydrogen) atoms. The Morgan fingerprint density at radius 2 is 2.08 bits per heavy atom. The van der Waals surface area contributed by atoms with E-state index in [1.165, 1.54) is 0 Å². The van der Waals surface area contributed by atoms with E-state index in [1.54, 1.807) is 6.07 Å². The summed E-state index contributed by atoms with van der Waals surface area (Å²) in [5.74, 6) is 0.397. The van der Waals surface area contributed by atoms with Gasteiger partial charge in [-0.25, -0.2) is 0 Å². The average Bonchev–Trinajstić information content (AvgIpc) is 2.91. The largest absolute Gasteiger partial charge is 0.455 e. The van der Waals surface area contributed by atoms with E-state index in [0.29, 0.717) is 13.1 Å². The first-order valence-electron chi connectivity index (χ1n) is 8.17. The van der Waals surface area contributed by atoms with E-state index in [1.807, 2.05) is 45.0 Å². The molecular formula is C19H24N2O3. The molecule has 0 bridgehead atoms. The van der Waals surface area contributed by atoms with Crippen molar-refractivity contribution < 1.29 is 14.3 Å². The van der Waals surface area contributed by atoms with Gasteiger partial charge in [0.15, 0.2) is 5.76 Å². The topological polar surface area (TPSA) is 79.7 Å². The summed E-state index contributed by atoms with van der Waals surface area (Å²) in [6.07, 6.45) is -0.504. The molecule has 0 unspecified atom stereocenters. The van der Waals surface area contributed by atoms with Gasteiger partial charge in [0.05, 0.1) is 6.10 Å². The second-order valence-corrected chi connectivity index (χ2v) is 7.46. The number of aliphatic hydroxyl groups excluding tert-OH is 1. The highest BCUT2D eigenvalue weighted by Crippen LogP contribution is 2.32. The van der Waals surface area contributed by atoms with Gasteiger partial charge in [0.25, 0.3) is 5.91 Å². The van der Waals surface area contributed by atoms with Crippen molar-refractivity contribution in [1.82, 2.24) is 4.90 Å². The van der Waals surface area contributed by atoms with Crippen LogP contribution in [0.5, 0.6) is 0 Å². The number of hydrogen-bond acceptors (Lipinski definition) is 4. The van der Waals surface area contributed by atoms with Crippen LogP contribution in [0.4, 0.5) is 0 Å². The molecular weight excluding hydrogens is 304 g/mol. The molecule has 5 nitrogen and oxygen atoms in total. The number of nitrogens with zero attached hydrogens (tertiary/aromatic N) is 1. The van der Waals surface area contributed by atoms with Gasteiger partial charge in [-0.15, -0.1) is 0 Å². The summed E-state index contributed by atoms with van der Waals surface area (Å²) in [4.78, 5) is 13.6. The van der Waals surface area contributed by atoms with Crippen LogP contribution in [0, 0.1) is 0 Å². The highest BCUT2D eigenvalue weighted by molar-refractivity contribution is 5.90. The molecule has 128 valence electrons. The number of benzene rings is 1. The van der Waals surface area contributed by atoms with Gasteiger partial charge in [0.1, 0.15) is 5.76 Å². The highest BCUT2D eigenvalue weighted by Gasteiger charge is 2.29. The molecule has 3 N–H and O–H groups in total. The van der Waals surface area contributed by atoms with Crippen LogP contribution in [0.3, 0.4) is 0 Å². The number of carbonyl (C=O) groups is 1. The predicted molar refractivity (Wildman–Crippen MR) is 91.4 cm³/mol. The fourth-order valence-electron chi connectivity index (χ4n) is 3.32. The van der Waals surface area contributed by atoms with E-state index < -0.39 is 12.0 Å². The predicted octanol–water partition coefficient (Wildman–Crippen LogP) is 2.73. The van der Waals surface area contributed by atoms with Crippen LogP contribution in [0.2, 0.25) is 0 Å². The van der Waals surface area contributed by atoms with Crippen molar-refractivity contribution in [2.75, 3.05) is 6.54 Å². The summed E-state index contributed by atoms with van der Waals surface area (Å²) in [5.41, 5.74) is 8.22. The van der Waals surface area contributed by atoms with Crippen LogP contribution < -0.4 is 5.73 Å². The molecule has 1 aromatic carbocycles. The van der Waals surface area contributed by atoms with Crippen LogP contribution in [-0.2, 0) is 18.5 Å². The van der Waals surface area contributed by atoms with E-state index >= 15 is 0 Å². The van der Waals surface area contributed by atoms with Crippen LogP contribution in [0.25, 0.3) is 0 Å². The van der Waals surface area contributed by atoms with Crippen LogP contribution in [-0.4, -0.2) is 22.5 Å². The van der Waals surface area contributed by atoms with Gasteiger partial charge in [-0.05, 0) is 17.2 Å². The Balaban J connectivity index is 1.88. The second kappa shape index (κ2) is 6.07. The van der Waals surface area contributed by atoms with Crippen LogP contribution >= 0.6 is 0 Å². The minimum Gasteiger partial charge on any atom is -0.455 e. The zero-order chi connectivity index (χ0) is 17.5. The van der Waals surface area contributed by atoms with Crippen LogP contribution in [0.1, 0.15) is 59.9 Å². The summed E-state index contributed by atoms with van der Waals surface area (Å²) in [6.45, 7) is 8.04. The normalized spacial score (nSPS) is 18.4. The summed E-state index contributed by atoms with van der Waals surface area (Å²) >= 11 is 0. The van der Waals surface area contributed by atoms with Crippen molar-refractivity contribution in [1.29, 1.82) is 0 Å². The Bertz CT molecular complexity index is 758. The van der Waals surface area contributed by atoms with Gasteiger partial charge in [0, 0.05) is 30.6 Å². The molecule has 1 atom stereocenters. The molecule has 0 saturated heterocycles. The zero-order valence-corrected chi connectivity index (χ0v) is 14.4. The Labute approximate surface area is 142 Å². The van der Waals surface area contributed by atoms with Crippen molar-refractivity contribution in [2.45, 2.75) is 45.4 Å². The summed E-state index contributed by atoms with van der Waals surface area (Å²) in [6, 6.07) is 9.68. The Hall–Kier alpha value is -2.11. The Morgan fingerprint density at radius 1 is 1.38 bits per heavy atom. The van der Waals surface area contributed by atoms with Crippen molar-refractivity contribution in [3.05, 3.63) is 58.5 Å². The molecule has 0 fully saturated rings. The number of nitrogens with two attached hydrogens (primary N) is 1. The molecule has 0 aliphatic carbocycles. The summed E-state index contributed by atoms with van der Waals surface area (Å²) < 4.78 is 5.71. The second-order valence-electron chi connectivity index (χ2n) is 7.46. The Morgan fingerprint density at radius 3 is 2.75 bits per heavy atom. The first-order valence-corrected chi connectivity index (χ1v) is 8.17. The molecule has 2 heterocycles.